The zero-order chi connectivity index (χ0) is 20.8. The summed E-state index contributed by atoms with van der Waals surface area (Å²) in [6.07, 6.45) is 3.55. The molecule has 3 rings (SSSR count). The Morgan fingerprint density at radius 3 is 2.62 bits per heavy atom. The van der Waals surface area contributed by atoms with Gasteiger partial charge in [0.1, 0.15) is 12.4 Å². The van der Waals surface area contributed by atoms with Crippen LogP contribution in [0.4, 0.5) is 5.69 Å². The highest BCUT2D eigenvalue weighted by atomic mass is 35.5. The molecule has 1 aromatic heterocycles. The fourth-order valence-electron chi connectivity index (χ4n) is 2.95. The molecule has 5 nitrogen and oxygen atoms in total. The van der Waals surface area contributed by atoms with E-state index in [0.29, 0.717) is 28.6 Å². The van der Waals surface area contributed by atoms with Crippen molar-refractivity contribution < 1.29 is 4.79 Å². The summed E-state index contributed by atoms with van der Waals surface area (Å²) >= 11 is 7.59. The zero-order valence-corrected chi connectivity index (χ0v) is 17.9. The van der Waals surface area contributed by atoms with Crippen molar-refractivity contribution in [3.63, 3.8) is 0 Å². The van der Waals surface area contributed by atoms with Gasteiger partial charge in [-0.25, -0.2) is 4.98 Å². The number of nitrogens with one attached hydrogen (secondary N) is 1. The molecule has 0 aliphatic rings. The molecule has 3 aromatic rings. The Morgan fingerprint density at radius 2 is 1.93 bits per heavy atom. The summed E-state index contributed by atoms with van der Waals surface area (Å²) < 4.78 is 1.40. The molecule has 0 bridgehead atoms. The number of amides is 1. The summed E-state index contributed by atoms with van der Waals surface area (Å²) in [5.74, 6) is 0.177. The van der Waals surface area contributed by atoms with Crippen LogP contribution in [0.2, 0.25) is 5.02 Å². The van der Waals surface area contributed by atoms with Crippen molar-refractivity contribution in [1.29, 1.82) is 0 Å². The molecule has 150 valence electrons. The number of nitrogens with zero attached hydrogens (tertiary/aromatic N) is 2. The van der Waals surface area contributed by atoms with Crippen molar-refractivity contribution in [1.82, 2.24) is 9.55 Å². The molecular formula is C22H22ClN3O2S. The maximum Gasteiger partial charge on any atom is 0.254 e. The van der Waals surface area contributed by atoms with Gasteiger partial charge >= 0.3 is 0 Å². The Hall–Kier alpha value is -2.57. The number of aromatic nitrogens is 2. The molecule has 0 fully saturated rings. The van der Waals surface area contributed by atoms with Crippen LogP contribution >= 0.6 is 23.4 Å². The molecule has 0 radical (unpaired) electrons. The van der Waals surface area contributed by atoms with E-state index in [9.17, 15) is 9.59 Å². The summed E-state index contributed by atoms with van der Waals surface area (Å²) in [5, 5.41) is 3.46. The standard InChI is InChI=1S/C22H22ClN3O2S/c1-3-5-17-13-21(28)26(22(25-17)15-8-10-16(23)11-9-15)14-20(27)24-18-6-4-7-19(12-18)29-2/h4,6-13H,3,5,14H2,1-2H3,(H,24,27). The summed E-state index contributed by atoms with van der Waals surface area (Å²) in [6, 6.07) is 16.2. The molecular weight excluding hydrogens is 406 g/mol. The quantitative estimate of drug-likeness (QED) is 0.546. The molecule has 1 heterocycles. The molecule has 0 unspecified atom stereocenters. The average molecular weight is 428 g/mol. The summed E-state index contributed by atoms with van der Waals surface area (Å²) in [6.45, 7) is 1.91. The number of benzene rings is 2. The first-order valence-electron chi connectivity index (χ1n) is 9.30. The summed E-state index contributed by atoms with van der Waals surface area (Å²) in [7, 11) is 0. The first kappa shape index (κ1) is 21.1. The van der Waals surface area contributed by atoms with Gasteiger partial charge < -0.3 is 5.32 Å². The third kappa shape index (κ3) is 5.49. The summed E-state index contributed by atoms with van der Waals surface area (Å²) in [4.78, 5) is 31.1. The van der Waals surface area contributed by atoms with Crippen LogP contribution in [0.5, 0.6) is 0 Å². The molecule has 1 amide bonds. The highest BCUT2D eigenvalue weighted by molar-refractivity contribution is 7.98. The number of halogens is 1. The van der Waals surface area contributed by atoms with Gasteiger partial charge in [-0.1, -0.05) is 31.0 Å². The smallest absolute Gasteiger partial charge is 0.254 e. The van der Waals surface area contributed by atoms with E-state index in [1.54, 1.807) is 36.0 Å². The second-order valence-corrected chi connectivity index (χ2v) is 7.85. The van der Waals surface area contributed by atoms with Gasteiger partial charge in [0.2, 0.25) is 5.91 Å². The second-order valence-electron chi connectivity index (χ2n) is 6.53. The van der Waals surface area contributed by atoms with Crippen molar-refractivity contribution in [2.75, 3.05) is 11.6 Å². The molecule has 0 aliphatic carbocycles. The number of hydrogen-bond acceptors (Lipinski definition) is 4. The third-order valence-electron chi connectivity index (χ3n) is 4.33. The topological polar surface area (TPSA) is 64.0 Å². The number of rotatable bonds is 7. The lowest BCUT2D eigenvalue weighted by Crippen LogP contribution is -2.30. The van der Waals surface area contributed by atoms with Crippen molar-refractivity contribution >= 4 is 35.0 Å². The lowest BCUT2D eigenvalue weighted by Gasteiger charge is -2.14. The first-order chi connectivity index (χ1) is 14.0. The molecule has 2 aromatic carbocycles. The molecule has 0 atom stereocenters. The van der Waals surface area contributed by atoms with E-state index < -0.39 is 0 Å². The van der Waals surface area contributed by atoms with Crippen LogP contribution in [0.15, 0.2) is 64.3 Å². The van der Waals surface area contributed by atoms with E-state index in [4.69, 9.17) is 11.6 Å². The zero-order valence-electron chi connectivity index (χ0n) is 16.3. The van der Waals surface area contributed by atoms with Gasteiger partial charge in [0.25, 0.3) is 5.56 Å². The largest absolute Gasteiger partial charge is 0.324 e. The highest BCUT2D eigenvalue weighted by Gasteiger charge is 2.14. The number of carbonyl (C=O) groups is 1. The Balaban J connectivity index is 1.93. The molecule has 0 saturated heterocycles. The minimum Gasteiger partial charge on any atom is -0.324 e. The first-order valence-corrected chi connectivity index (χ1v) is 10.9. The lowest BCUT2D eigenvalue weighted by atomic mass is 10.2. The molecule has 7 heteroatoms. The molecule has 0 saturated carbocycles. The number of carbonyl (C=O) groups excluding carboxylic acids is 1. The SMILES string of the molecule is CCCc1cc(=O)n(CC(=O)Nc2cccc(SC)c2)c(-c2ccc(Cl)cc2)n1. The van der Waals surface area contributed by atoms with Gasteiger partial charge in [-0.05, 0) is 55.1 Å². The van der Waals surface area contributed by atoms with E-state index in [1.807, 2.05) is 37.4 Å². The van der Waals surface area contributed by atoms with Gasteiger partial charge in [0.05, 0.1) is 0 Å². The molecule has 0 aliphatic heterocycles. The van der Waals surface area contributed by atoms with Gasteiger partial charge in [-0.2, -0.15) is 0 Å². The third-order valence-corrected chi connectivity index (χ3v) is 5.30. The van der Waals surface area contributed by atoms with Crippen molar-refractivity contribution in [2.24, 2.45) is 0 Å². The average Bonchev–Trinajstić information content (AvgIpc) is 2.71. The predicted molar refractivity (Wildman–Crippen MR) is 120 cm³/mol. The number of anilines is 1. The van der Waals surface area contributed by atoms with Crippen LogP contribution < -0.4 is 10.9 Å². The van der Waals surface area contributed by atoms with Gasteiger partial charge in [-0.3, -0.25) is 14.2 Å². The molecule has 29 heavy (non-hydrogen) atoms. The van der Waals surface area contributed by atoms with Crippen LogP contribution in [0.1, 0.15) is 19.0 Å². The van der Waals surface area contributed by atoms with E-state index in [-0.39, 0.29) is 18.0 Å². The van der Waals surface area contributed by atoms with E-state index in [2.05, 4.69) is 10.3 Å². The van der Waals surface area contributed by atoms with Gasteiger partial charge in [-0.15, -0.1) is 11.8 Å². The van der Waals surface area contributed by atoms with Crippen molar-refractivity contribution in [3.8, 4) is 11.4 Å². The van der Waals surface area contributed by atoms with Crippen LogP contribution in [-0.4, -0.2) is 21.7 Å². The van der Waals surface area contributed by atoms with E-state index >= 15 is 0 Å². The van der Waals surface area contributed by atoms with Crippen molar-refractivity contribution in [3.05, 3.63) is 75.7 Å². The Labute approximate surface area is 179 Å². The summed E-state index contributed by atoms with van der Waals surface area (Å²) in [5.41, 5.74) is 1.90. The van der Waals surface area contributed by atoms with Crippen LogP contribution in [-0.2, 0) is 17.8 Å². The Kier molecular flexibility index (Phi) is 7.12. The highest BCUT2D eigenvalue weighted by Crippen LogP contribution is 2.21. The Bertz CT molecular complexity index is 1060. The van der Waals surface area contributed by atoms with Crippen LogP contribution in [0, 0.1) is 0 Å². The minimum absolute atomic E-state index is 0.125. The predicted octanol–water partition coefficient (Wildman–Crippen LogP) is 4.88. The maximum absolute atomic E-state index is 12.8. The Morgan fingerprint density at radius 1 is 1.17 bits per heavy atom. The van der Waals surface area contributed by atoms with E-state index in [0.717, 1.165) is 16.9 Å². The maximum atomic E-state index is 12.8. The number of thioether (sulfide) groups is 1. The fourth-order valence-corrected chi connectivity index (χ4v) is 3.54. The number of aryl methyl sites for hydroxylation is 1. The van der Waals surface area contributed by atoms with Crippen LogP contribution in [0.3, 0.4) is 0 Å². The van der Waals surface area contributed by atoms with Crippen LogP contribution in [0.25, 0.3) is 11.4 Å². The van der Waals surface area contributed by atoms with Crippen molar-refractivity contribution in [2.45, 2.75) is 31.2 Å². The lowest BCUT2D eigenvalue weighted by molar-refractivity contribution is -0.116. The monoisotopic (exact) mass is 427 g/mol. The minimum atomic E-state index is -0.286. The molecule has 1 N–H and O–H groups in total. The fraction of sp³-hybridized carbons (Fsp3) is 0.227. The number of hydrogen-bond donors (Lipinski definition) is 1. The van der Waals surface area contributed by atoms with Gasteiger partial charge in [0, 0.05) is 32.9 Å². The van der Waals surface area contributed by atoms with Gasteiger partial charge in [0.15, 0.2) is 0 Å². The molecule has 0 spiro atoms. The van der Waals surface area contributed by atoms with E-state index in [1.165, 1.54) is 10.6 Å². The normalized spacial score (nSPS) is 10.7. The second kappa shape index (κ2) is 9.76.